The fourth-order valence-corrected chi connectivity index (χ4v) is 2.22. The number of hydrogen-bond donors (Lipinski definition) is 1. The van der Waals surface area contributed by atoms with Crippen molar-refractivity contribution in [2.24, 2.45) is 14.1 Å². The zero-order valence-electron chi connectivity index (χ0n) is 14.1. The van der Waals surface area contributed by atoms with Crippen LogP contribution < -0.4 is 16.6 Å². The second-order valence-corrected chi connectivity index (χ2v) is 5.72. The summed E-state index contributed by atoms with van der Waals surface area (Å²) in [7, 11) is 2.82. The number of aromatic nitrogens is 2. The zero-order valence-corrected chi connectivity index (χ0v) is 14.8. The van der Waals surface area contributed by atoms with E-state index in [-0.39, 0.29) is 5.56 Å². The molecule has 8 nitrogen and oxygen atoms in total. The minimum Gasteiger partial charge on any atom is -0.452 e. The molecule has 1 aromatic carbocycles. The van der Waals surface area contributed by atoms with E-state index in [1.807, 2.05) is 0 Å². The number of para-hydroxylation sites is 1. The van der Waals surface area contributed by atoms with Crippen molar-refractivity contribution in [1.29, 1.82) is 0 Å². The van der Waals surface area contributed by atoms with Gasteiger partial charge in [0.15, 0.2) is 6.61 Å². The topological polar surface area (TPSA) is 99.4 Å². The Morgan fingerprint density at radius 3 is 2.62 bits per heavy atom. The summed E-state index contributed by atoms with van der Waals surface area (Å²) in [6.07, 6.45) is 3.53. The molecular weight excluding hydrogens is 362 g/mol. The Labute approximate surface area is 153 Å². The van der Waals surface area contributed by atoms with Crippen molar-refractivity contribution in [1.82, 2.24) is 9.13 Å². The molecule has 1 amide bonds. The van der Waals surface area contributed by atoms with Gasteiger partial charge in [-0.2, -0.15) is 0 Å². The predicted molar refractivity (Wildman–Crippen MR) is 97.0 cm³/mol. The van der Waals surface area contributed by atoms with Crippen LogP contribution in [0.4, 0.5) is 5.69 Å². The molecule has 136 valence electrons. The van der Waals surface area contributed by atoms with Crippen molar-refractivity contribution in [3.05, 3.63) is 68.0 Å². The molecule has 9 heteroatoms. The molecule has 0 atom stereocenters. The third kappa shape index (κ3) is 4.70. The number of carbonyl (C=O) groups is 2. The smallest absolute Gasteiger partial charge is 0.331 e. The van der Waals surface area contributed by atoms with E-state index in [4.69, 9.17) is 16.3 Å². The fourth-order valence-electron chi connectivity index (χ4n) is 2.04. The Hall–Kier alpha value is -3.13. The van der Waals surface area contributed by atoms with E-state index in [0.717, 1.165) is 10.6 Å². The first-order chi connectivity index (χ1) is 12.3. The van der Waals surface area contributed by atoms with Crippen LogP contribution in [0.2, 0.25) is 5.02 Å². The lowest BCUT2D eigenvalue weighted by molar-refractivity contribution is -0.142. The SMILES string of the molecule is Cn1cc(/C=C/C(=O)OCC(=O)Nc2ccccc2Cl)c(=O)n(C)c1=O. The van der Waals surface area contributed by atoms with E-state index in [1.165, 1.54) is 30.9 Å². The van der Waals surface area contributed by atoms with E-state index in [0.29, 0.717) is 10.7 Å². The Kier molecular flexibility index (Phi) is 6.13. The van der Waals surface area contributed by atoms with E-state index in [2.05, 4.69) is 5.32 Å². The molecule has 1 heterocycles. The zero-order chi connectivity index (χ0) is 19.3. The number of nitrogens with one attached hydrogen (secondary N) is 1. The van der Waals surface area contributed by atoms with Gasteiger partial charge in [0.25, 0.3) is 11.5 Å². The molecule has 26 heavy (non-hydrogen) atoms. The molecule has 0 aliphatic carbocycles. The number of hydrogen-bond acceptors (Lipinski definition) is 5. The van der Waals surface area contributed by atoms with Gasteiger partial charge in [0, 0.05) is 26.4 Å². The lowest BCUT2D eigenvalue weighted by Gasteiger charge is -2.06. The minimum atomic E-state index is -0.810. The van der Waals surface area contributed by atoms with Gasteiger partial charge in [0.2, 0.25) is 0 Å². The van der Waals surface area contributed by atoms with Crippen LogP contribution in [-0.4, -0.2) is 27.6 Å². The van der Waals surface area contributed by atoms with Crippen LogP contribution in [0.5, 0.6) is 0 Å². The molecule has 0 radical (unpaired) electrons. The van der Waals surface area contributed by atoms with Gasteiger partial charge in [-0.25, -0.2) is 9.59 Å². The summed E-state index contributed by atoms with van der Waals surface area (Å²) < 4.78 is 6.93. The first kappa shape index (κ1) is 19.2. The van der Waals surface area contributed by atoms with Crippen LogP contribution in [0.25, 0.3) is 6.08 Å². The van der Waals surface area contributed by atoms with Crippen LogP contribution in [0.3, 0.4) is 0 Å². The second-order valence-electron chi connectivity index (χ2n) is 5.31. The lowest BCUT2D eigenvalue weighted by atomic mass is 10.3. The highest BCUT2D eigenvalue weighted by molar-refractivity contribution is 6.33. The highest BCUT2D eigenvalue weighted by atomic mass is 35.5. The molecule has 0 unspecified atom stereocenters. The van der Waals surface area contributed by atoms with Crippen LogP contribution in [-0.2, 0) is 28.4 Å². The number of ether oxygens (including phenoxy) is 1. The third-order valence-corrected chi connectivity index (χ3v) is 3.70. The number of anilines is 1. The maximum absolute atomic E-state index is 11.9. The summed E-state index contributed by atoms with van der Waals surface area (Å²) in [5.74, 6) is -1.37. The number of esters is 1. The third-order valence-electron chi connectivity index (χ3n) is 3.37. The standard InChI is InChI=1S/C17H16ClN3O5/c1-20-9-11(16(24)21(2)17(20)25)7-8-15(23)26-10-14(22)19-13-6-4-3-5-12(13)18/h3-9H,10H2,1-2H3,(H,19,22)/b8-7+. The van der Waals surface area contributed by atoms with Crippen LogP contribution >= 0.6 is 11.6 Å². The molecule has 2 aromatic rings. The Morgan fingerprint density at radius 2 is 1.92 bits per heavy atom. The number of benzene rings is 1. The molecule has 0 spiro atoms. The predicted octanol–water partition coefficient (Wildman–Crippen LogP) is 0.933. The van der Waals surface area contributed by atoms with Gasteiger partial charge in [-0.05, 0) is 18.2 Å². The molecule has 0 saturated heterocycles. The van der Waals surface area contributed by atoms with E-state index in [1.54, 1.807) is 24.3 Å². The van der Waals surface area contributed by atoms with Crippen molar-refractivity contribution < 1.29 is 14.3 Å². The van der Waals surface area contributed by atoms with Crippen molar-refractivity contribution in [3.63, 3.8) is 0 Å². The Bertz CT molecular complexity index is 991. The second kappa shape index (κ2) is 8.30. The molecule has 0 fully saturated rings. The van der Waals surface area contributed by atoms with Crippen molar-refractivity contribution >= 4 is 35.2 Å². The highest BCUT2D eigenvalue weighted by Gasteiger charge is 2.09. The highest BCUT2D eigenvalue weighted by Crippen LogP contribution is 2.20. The van der Waals surface area contributed by atoms with Gasteiger partial charge in [0.1, 0.15) is 0 Å². The minimum absolute atomic E-state index is 0.132. The summed E-state index contributed by atoms with van der Waals surface area (Å²) in [6.45, 7) is -0.514. The molecule has 0 saturated carbocycles. The van der Waals surface area contributed by atoms with Gasteiger partial charge in [-0.15, -0.1) is 0 Å². The summed E-state index contributed by atoms with van der Waals surface area (Å²) in [4.78, 5) is 47.0. The van der Waals surface area contributed by atoms with E-state index in [9.17, 15) is 19.2 Å². The van der Waals surface area contributed by atoms with Crippen LogP contribution in [0.15, 0.2) is 46.1 Å². The first-order valence-electron chi connectivity index (χ1n) is 7.45. The van der Waals surface area contributed by atoms with Crippen molar-refractivity contribution in [2.45, 2.75) is 0 Å². The van der Waals surface area contributed by atoms with Gasteiger partial charge in [-0.1, -0.05) is 23.7 Å². The molecular formula is C17H16ClN3O5. The maximum atomic E-state index is 11.9. The van der Waals surface area contributed by atoms with Crippen molar-refractivity contribution in [3.8, 4) is 0 Å². The molecule has 0 bridgehead atoms. The number of carbonyl (C=O) groups excluding carboxylic acids is 2. The maximum Gasteiger partial charge on any atom is 0.331 e. The van der Waals surface area contributed by atoms with Gasteiger partial charge in [0.05, 0.1) is 16.3 Å². The van der Waals surface area contributed by atoms with E-state index < -0.39 is 29.7 Å². The molecule has 0 aliphatic heterocycles. The normalized spacial score (nSPS) is 10.7. The van der Waals surface area contributed by atoms with Gasteiger partial charge in [-0.3, -0.25) is 14.2 Å². The summed E-state index contributed by atoms with van der Waals surface area (Å²) in [5, 5.41) is 2.86. The molecule has 1 aromatic heterocycles. The monoisotopic (exact) mass is 377 g/mol. The van der Waals surface area contributed by atoms with Crippen LogP contribution in [0.1, 0.15) is 5.56 Å². The molecule has 0 aliphatic rings. The van der Waals surface area contributed by atoms with Crippen LogP contribution in [0, 0.1) is 0 Å². The molecule has 1 N–H and O–H groups in total. The number of halogens is 1. The molecule has 2 rings (SSSR count). The van der Waals surface area contributed by atoms with Gasteiger partial charge < -0.3 is 14.6 Å². The average Bonchev–Trinajstić information content (AvgIpc) is 2.62. The average molecular weight is 378 g/mol. The Balaban J connectivity index is 1.96. The first-order valence-corrected chi connectivity index (χ1v) is 7.83. The lowest BCUT2D eigenvalue weighted by Crippen LogP contribution is -2.37. The number of nitrogens with zero attached hydrogens (tertiary/aromatic N) is 2. The number of aryl methyl sites for hydroxylation is 1. The number of amides is 1. The fraction of sp³-hybridized carbons (Fsp3) is 0.176. The van der Waals surface area contributed by atoms with E-state index >= 15 is 0 Å². The summed E-state index contributed by atoms with van der Waals surface area (Å²) in [6, 6.07) is 6.63. The van der Waals surface area contributed by atoms with Gasteiger partial charge >= 0.3 is 11.7 Å². The van der Waals surface area contributed by atoms with Crippen molar-refractivity contribution in [2.75, 3.05) is 11.9 Å². The number of rotatable bonds is 5. The summed E-state index contributed by atoms with van der Waals surface area (Å²) in [5.41, 5.74) is -0.494. The summed E-state index contributed by atoms with van der Waals surface area (Å²) >= 11 is 5.91. The quantitative estimate of drug-likeness (QED) is 0.617. The Morgan fingerprint density at radius 1 is 1.23 bits per heavy atom. The largest absolute Gasteiger partial charge is 0.452 e.